The smallest absolute Gasteiger partial charge is 0.744 e. The molecule has 0 radical (unpaired) electrons. The van der Waals surface area contributed by atoms with E-state index in [1.165, 1.54) is 19.1 Å². The number of hydrazone groups is 1. The minimum Gasteiger partial charge on any atom is -0.744 e. The van der Waals surface area contributed by atoms with Gasteiger partial charge in [0.05, 0.1) is 26.2 Å². The molecule has 0 N–H and O–H groups in total. The SMILES string of the molecule is CC1=NN(c2cc(S(=O)(=O)[O-])ccc2Cl)C(=O)C1N=Nc1ccc2ccccc2c1S(=O)(=O)[O-].[Li+].[Li+]. The molecule has 0 saturated heterocycles. The summed E-state index contributed by atoms with van der Waals surface area (Å²) in [6.45, 7) is 1.44. The maximum absolute atomic E-state index is 12.9. The van der Waals surface area contributed by atoms with E-state index in [0.717, 1.165) is 23.2 Å². The minimum atomic E-state index is -4.94. The Morgan fingerprint density at radius 1 is 0.972 bits per heavy atom. The fraction of sp³-hybridized carbons (Fsp3) is 0.100. The fourth-order valence-corrected chi connectivity index (χ4v) is 4.87. The summed E-state index contributed by atoms with van der Waals surface area (Å²) in [4.78, 5) is 11.7. The Balaban J connectivity index is 0.00000228. The summed E-state index contributed by atoms with van der Waals surface area (Å²) in [5.74, 6) is -0.782. The number of hydrogen-bond acceptors (Lipinski definition) is 10. The van der Waals surface area contributed by atoms with Crippen molar-refractivity contribution in [3.8, 4) is 0 Å². The molecule has 0 bridgehead atoms. The molecule has 0 aromatic heterocycles. The van der Waals surface area contributed by atoms with Crippen molar-refractivity contribution in [1.82, 2.24) is 0 Å². The van der Waals surface area contributed by atoms with Gasteiger partial charge in [-0.2, -0.15) is 20.3 Å². The summed E-state index contributed by atoms with van der Waals surface area (Å²) in [6.07, 6.45) is 0. The summed E-state index contributed by atoms with van der Waals surface area (Å²) in [5, 5.41) is 13.1. The Bertz CT molecular complexity index is 1630. The first-order chi connectivity index (χ1) is 15.9. The molecular formula is C20H13ClLi2N4O7S2. The molecule has 3 aromatic carbocycles. The van der Waals surface area contributed by atoms with E-state index >= 15 is 0 Å². The second-order valence-corrected chi connectivity index (χ2v) is 10.3. The molecular weight excluding hydrogens is 522 g/mol. The molecule has 0 saturated carbocycles. The molecule has 1 aliphatic rings. The molecule has 16 heteroatoms. The fourth-order valence-electron chi connectivity index (χ4n) is 3.36. The van der Waals surface area contributed by atoms with Crippen molar-refractivity contribution in [1.29, 1.82) is 0 Å². The maximum atomic E-state index is 12.9. The van der Waals surface area contributed by atoms with Crippen LogP contribution >= 0.6 is 11.6 Å². The van der Waals surface area contributed by atoms with E-state index in [9.17, 15) is 30.7 Å². The third-order valence-electron chi connectivity index (χ3n) is 4.92. The molecule has 1 unspecified atom stereocenters. The molecule has 0 aliphatic carbocycles. The van der Waals surface area contributed by atoms with Crippen molar-refractivity contribution in [2.45, 2.75) is 22.8 Å². The molecule has 0 spiro atoms. The summed E-state index contributed by atoms with van der Waals surface area (Å²) in [7, 11) is -9.77. The molecule has 11 nitrogen and oxygen atoms in total. The van der Waals surface area contributed by atoms with E-state index < -0.39 is 42.0 Å². The molecule has 1 aliphatic heterocycles. The van der Waals surface area contributed by atoms with Crippen LogP contribution in [0.3, 0.4) is 0 Å². The van der Waals surface area contributed by atoms with Crippen molar-refractivity contribution >= 4 is 65.6 Å². The number of carbonyl (C=O) groups excluding carboxylic acids is 1. The van der Waals surface area contributed by atoms with Crippen LogP contribution in [0.1, 0.15) is 6.92 Å². The van der Waals surface area contributed by atoms with Gasteiger partial charge in [-0.05, 0) is 36.6 Å². The average Bonchev–Trinajstić information content (AvgIpc) is 3.03. The van der Waals surface area contributed by atoms with Gasteiger partial charge in [-0.25, -0.2) is 16.8 Å². The van der Waals surface area contributed by atoms with E-state index in [1.807, 2.05) is 0 Å². The summed E-state index contributed by atoms with van der Waals surface area (Å²) in [6, 6.07) is 10.9. The van der Waals surface area contributed by atoms with Crippen LogP contribution in [0.2, 0.25) is 5.02 Å². The van der Waals surface area contributed by atoms with Crippen LogP contribution in [0.25, 0.3) is 10.8 Å². The molecule has 1 atom stereocenters. The number of fused-ring (bicyclic) bond motifs is 1. The monoisotopic (exact) mass is 534 g/mol. The van der Waals surface area contributed by atoms with Crippen LogP contribution in [0.4, 0.5) is 11.4 Å². The van der Waals surface area contributed by atoms with E-state index in [0.29, 0.717) is 5.39 Å². The number of anilines is 1. The van der Waals surface area contributed by atoms with Crippen LogP contribution in [0, 0.1) is 0 Å². The molecule has 1 heterocycles. The van der Waals surface area contributed by atoms with E-state index in [1.54, 1.807) is 24.3 Å². The number of rotatable bonds is 5. The van der Waals surface area contributed by atoms with Gasteiger partial charge in [-0.15, -0.1) is 0 Å². The topological polar surface area (TPSA) is 172 Å². The molecule has 176 valence electrons. The second-order valence-electron chi connectivity index (χ2n) is 7.17. The van der Waals surface area contributed by atoms with Gasteiger partial charge in [0.2, 0.25) is 0 Å². The molecule has 4 rings (SSSR count). The van der Waals surface area contributed by atoms with Gasteiger partial charge in [0.15, 0.2) is 6.04 Å². The Hall–Kier alpha value is -2.04. The first-order valence-corrected chi connectivity index (χ1v) is 12.6. The van der Waals surface area contributed by atoms with Gasteiger partial charge >= 0.3 is 37.7 Å². The normalized spacial score (nSPS) is 16.1. The van der Waals surface area contributed by atoms with Gasteiger partial charge < -0.3 is 9.11 Å². The first-order valence-electron chi connectivity index (χ1n) is 9.41. The maximum Gasteiger partial charge on any atom is 1.00 e. The zero-order valence-electron chi connectivity index (χ0n) is 19.1. The Labute approximate surface area is 235 Å². The Morgan fingerprint density at radius 3 is 2.28 bits per heavy atom. The largest absolute Gasteiger partial charge is 1.00 e. The zero-order valence-corrected chi connectivity index (χ0v) is 21.5. The standard InChI is InChI=1S/C20H15ClN4O7S2.2Li/c1-11-18(20(26)25(24-11)17-10-13(33(27,28)29)7-8-15(17)21)23-22-16-9-6-12-4-2-3-5-14(12)19(16)34(30,31)32;;/h2-10,18H,1H3,(H,27,28,29)(H,30,31,32);;/q;2*+1/p-2. The number of hydrogen-bond donors (Lipinski definition) is 0. The predicted octanol–water partition coefficient (Wildman–Crippen LogP) is -2.82. The van der Waals surface area contributed by atoms with Crippen LogP contribution in [0.5, 0.6) is 0 Å². The Kier molecular flexibility index (Phi) is 9.35. The van der Waals surface area contributed by atoms with Gasteiger partial charge in [-0.3, -0.25) is 4.79 Å². The van der Waals surface area contributed by atoms with E-state index in [2.05, 4.69) is 15.3 Å². The summed E-state index contributed by atoms with van der Waals surface area (Å²) in [5.41, 5.74) is -0.285. The Morgan fingerprint density at radius 2 is 1.64 bits per heavy atom. The van der Waals surface area contributed by atoms with Crippen LogP contribution in [-0.4, -0.2) is 43.6 Å². The quantitative estimate of drug-likeness (QED) is 0.193. The number of benzene rings is 3. The van der Waals surface area contributed by atoms with E-state index in [4.69, 9.17) is 11.6 Å². The number of carbonyl (C=O) groups is 1. The number of nitrogens with zero attached hydrogens (tertiary/aromatic N) is 4. The first kappa shape index (κ1) is 30.2. The molecule has 3 aromatic rings. The van der Waals surface area contributed by atoms with Crippen molar-refractivity contribution < 1.29 is 68.5 Å². The molecule has 36 heavy (non-hydrogen) atoms. The van der Waals surface area contributed by atoms with Crippen LogP contribution in [-0.2, 0) is 25.0 Å². The van der Waals surface area contributed by atoms with Gasteiger partial charge in [0.1, 0.15) is 25.9 Å². The second kappa shape index (κ2) is 11.1. The van der Waals surface area contributed by atoms with Gasteiger partial charge in [0.25, 0.3) is 5.91 Å². The molecule has 1 amide bonds. The summed E-state index contributed by atoms with van der Waals surface area (Å²) < 4.78 is 69.8. The number of azo groups is 1. The van der Waals surface area contributed by atoms with Crippen LogP contribution in [0.15, 0.2) is 79.7 Å². The number of amides is 1. The summed E-state index contributed by atoms with van der Waals surface area (Å²) >= 11 is 6.07. The van der Waals surface area contributed by atoms with Crippen molar-refractivity contribution in [3.05, 3.63) is 59.6 Å². The van der Waals surface area contributed by atoms with Crippen molar-refractivity contribution in [2.24, 2.45) is 15.3 Å². The average molecular weight is 535 g/mol. The van der Waals surface area contributed by atoms with Crippen molar-refractivity contribution in [3.63, 3.8) is 0 Å². The van der Waals surface area contributed by atoms with Crippen LogP contribution < -0.4 is 42.7 Å². The predicted molar refractivity (Wildman–Crippen MR) is 120 cm³/mol. The minimum absolute atomic E-state index is 0. The zero-order chi connectivity index (χ0) is 24.8. The third-order valence-corrected chi connectivity index (χ3v) is 7.00. The van der Waals surface area contributed by atoms with Crippen molar-refractivity contribution in [2.75, 3.05) is 5.01 Å². The third kappa shape index (κ3) is 5.92. The number of halogens is 1. The van der Waals surface area contributed by atoms with Gasteiger partial charge in [-0.1, -0.05) is 41.9 Å². The van der Waals surface area contributed by atoms with E-state index in [-0.39, 0.29) is 65.2 Å². The van der Waals surface area contributed by atoms with Gasteiger partial charge in [0, 0.05) is 5.39 Å². The molecule has 0 fully saturated rings.